The van der Waals surface area contributed by atoms with Gasteiger partial charge in [-0.2, -0.15) is 0 Å². The fraction of sp³-hybridized carbons (Fsp3) is 0.391. The summed E-state index contributed by atoms with van der Waals surface area (Å²) in [5.74, 6) is 0.674. The van der Waals surface area contributed by atoms with Crippen LogP contribution >= 0.6 is 0 Å². The van der Waals surface area contributed by atoms with Crippen molar-refractivity contribution in [2.75, 3.05) is 13.1 Å². The van der Waals surface area contributed by atoms with E-state index in [1.807, 2.05) is 41.2 Å². The minimum atomic E-state index is 0.0716. The van der Waals surface area contributed by atoms with E-state index < -0.39 is 0 Å². The summed E-state index contributed by atoms with van der Waals surface area (Å²) in [7, 11) is 0. The molecule has 1 unspecified atom stereocenters. The van der Waals surface area contributed by atoms with Crippen molar-refractivity contribution >= 4 is 5.91 Å². The fourth-order valence-corrected chi connectivity index (χ4v) is 4.79. The lowest BCUT2D eigenvalue weighted by molar-refractivity contribution is -0.133. The van der Waals surface area contributed by atoms with Gasteiger partial charge in [0.05, 0.1) is 18.7 Å². The lowest BCUT2D eigenvalue weighted by atomic mass is 9.75. The van der Waals surface area contributed by atoms with Crippen LogP contribution in [-0.4, -0.2) is 49.9 Å². The molecule has 3 aromatic rings. The van der Waals surface area contributed by atoms with Crippen LogP contribution in [0.25, 0.3) is 11.3 Å². The minimum absolute atomic E-state index is 0.0716. The molecule has 3 fully saturated rings. The number of benzene rings is 1. The Kier molecular flexibility index (Phi) is 5.27. The van der Waals surface area contributed by atoms with Crippen LogP contribution in [0, 0.1) is 11.8 Å². The normalized spacial score (nSPS) is 25.2. The maximum absolute atomic E-state index is 12.8. The lowest BCUT2D eigenvalue weighted by Gasteiger charge is -2.49. The van der Waals surface area contributed by atoms with Crippen molar-refractivity contribution in [3.8, 4) is 11.3 Å². The number of hydrogen-bond donors (Lipinski definition) is 1. The molecule has 30 heavy (non-hydrogen) atoms. The molecule has 2 bridgehead atoms. The van der Waals surface area contributed by atoms with Gasteiger partial charge in [0.1, 0.15) is 5.69 Å². The molecule has 0 spiro atoms. The summed E-state index contributed by atoms with van der Waals surface area (Å²) in [6.45, 7) is 3.25. The molecule has 7 nitrogen and oxygen atoms in total. The number of nitrogens with zero attached hydrogens (tertiary/aromatic N) is 5. The van der Waals surface area contributed by atoms with Gasteiger partial charge in [-0.1, -0.05) is 41.6 Å². The Morgan fingerprint density at radius 2 is 2.07 bits per heavy atom. The highest BCUT2D eigenvalue weighted by Gasteiger charge is 2.43. The number of hydrogen-bond acceptors (Lipinski definition) is 5. The summed E-state index contributed by atoms with van der Waals surface area (Å²) in [6, 6.07) is 14.4. The molecular formula is C23H26N6O. The molecule has 3 saturated heterocycles. The number of rotatable bonds is 6. The number of nitrogens with one attached hydrogen (secondary N) is 1. The molecule has 7 heteroatoms. The smallest absolute Gasteiger partial charge is 0.224 e. The van der Waals surface area contributed by atoms with Gasteiger partial charge in [-0.15, -0.1) is 5.10 Å². The Labute approximate surface area is 176 Å². The second-order valence-corrected chi connectivity index (χ2v) is 8.31. The van der Waals surface area contributed by atoms with Crippen LogP contribution in [0.2, 0.25) is 0 Å². The van der Waals surface area contributed by atoms with Gasteiger partial charge in [-0.05, 0) is 36.9 Å². The lowest BCUT2D eigenvalue weighted by Crippen LogP contribution is -2.58. The first-order chi connectivity index (χ1) is 14.8. The molecule has 1 N–H and O–H groups in total. The van der Waals surface area contributed by atoms with E-state index in [1.54, 1.807) is 12.4 Å². The average molecular weight is 403 g/mol. The molecule has 1 aromatic carbocycles. The Bertz CT molecular complexity index is 989. The van der Waals surface area contributed by atoms with E-state index in [1.165, 1.54) is 0 Å². The minimum Gasteiger partial charge on any atom is -0.352 e. The third-order valence-electron chi connectivity index (χ3n) is 6.41. The highest BCUT2D eigenvalue weighted by molar-refractivity contribution is 5.79. The molecule has 0 saturated carbocycles. The third-order valence-corrected chi connectivity index (χ3v) is 6.41. The Morgan fingerprint density at radius 1 is 1.17 bits per heavy atom. The first kappa shape index (κ1) is 18.9. The van der Waals surface area contributed by atoms with Crippen LogP contribution in [0.5, 0.6) is 0 Å². The fourth-order valence-electron chi connectivity index (χ4n) is 4.79. The molecule has 3 aliphatic heterocycles. The highest BCUT2D eigenvalue weighted by atomic mass is 16.1. The molecule has 5 heterocycles. The number of fused-ring (bicyclic) bond motifs is 3. The van der Waals surface area contributed by atoms with Crippen LogP contribution in [0.15, 0.2) is 61.1 Å². The summed E-state index contributed by atoms with van der Waals surface area (Å²) in [4.78, 5) is 19.4. The first-order valence-corrected chi connectivity index (χ1v) is 10.6. The van der Waals surface area contributed by atoms with Gasteiger partial charge in [0.2, 0.25) is 5.91 Å². The number of piperidine rings is 3. The molecule has 3 aliphatic rings. The third kappa shape index (κ3) is 3.98. The summed E-state index contributed by atoms with van der Waals surface area (Å²) in [5, 5.41) is 11.8. The van der Waals surface area contributed by atoms with E-state index in [2.05, 4.69) is 37.6 Å². The number of carbonyl (C=O) groups is 1. The topological polar surface area (TPSA) is 75.9 Å². The largest absolute Gasteiger partial charge is 0.352 e. The van der Waals surface area contributed by atoms with Crippen LogP contribution in [0.3, 0.4) is 0 Å². The zero-order valence-electron chi connectivity index (χ0n) is 16.9. The van der Waals surface area contributed by atoms with Crippen LogP contribution in [0.4, 0.5) is 0 Å². The number of amides is 1. The molecule has 4 atom stereocenters. The SMILES string of the molecule is O=C(NCc1cccnc1)[C@H]1CN2CC[C@@H]1C[C@@H]2Cn1cc(-c2ccccc2)nn1. The van der Waals surface area contributed by atoms with Gasteiger partial charge >= 0.3 is 0 Å². The van der Waals surface area contributed by atoms with Crippen molar-refractivity contribution in [3.63, 3.8) is 0 Å². The quantitative estimate of drug-likeness (QED) is 0.685. The van der Waals surface area contributed by atoms with Gasteiger partial charge < -0.3 is 5.32 Å². The van der Waals surface area contributed by atoms with Gasteiger partial charge in [-0.3, -0.25) is 19.4 Å². The van der Waals surface area contributed by atoms with Crippen LogP contribution < -0.4 is 5.32 Å². The predicted molar refractivity (Wildman–Crippen MR) is 113 cm³/mol. The van der Waals surface area contributed by atoms with Gasteiger partial charge in [-0.25, -0.2) is 0 Å². The van der Waals surface area contributed by atoms with E-state index in [9.17, 15) is 4.79 Å². The molecule has 0 aliphatic carbocycles. The summed E-state index contributed by atoms with van der Waals surface area (Å²) in [5.41, 5.74) is 3.02. The highest BCUT2D eigenvalue weighted by Crippen LogP contribution is 2.37. The molecule has 0 radical (unpaired) electrons. The molecule has 154 valence electrons. The van der Waals surface area contributed by atoms with Crippen LogP contribution in [-0.2, 0) is 17.9 Å². The Hall–Kier alpha value is -3.06. The average Bonchev–Trinajstić information content (AvgIpc) is 3.28. The van der Waals surface area contributed by atoms with Gasteiger partial charge in [0.15, 0.2) is 0 Å². The Morgan fingerprint density at radius 3 is 2.83 bits per heavy atom. The van der Waals surface area contributed by atoms with E-state index in [-0.39, 0.29) is 11.8 Å². The van der Waals surface area contributed by atoms with E-state index in [0.717, 1.165) is 49.3 Å². The molecule has 1 amide bonds. The van der Waals surface area contributed by atoms with Crippen molar-refractivity contribution in [1.29, 1.82) is 0 Å². The number of pyridine rings is 1. The van der Waals surface area contributed by atoms with Crippen molar-refractivity contribution in [3.05, 3.63) is 66.6 Å². The summed E-state index contributed by atoms with van der Waals surface area (Å²) < 4.78 is 1.95. The zero-order valence-corrected chi connectivity index (χ0v) is 16.9. The van der Waals surface area contributed by atoms with Crippen molar-refractivity contribution < 1.29 is 4.79 Å². The maximum Gasteiger partial charge on any atom is 0.224 e. The number of aromatic nitrogens is 4. The monoisotopic (exact) mass is 402 g/mol. The predicted octanol–water partition coefficient (Wildman–Crippen LogP) is 2.37. The van der Waals surface area contributed by atoms with Gasteiger partial charge in [0.25, 0.3) is 0 Å². The maximum atomic E-state index is 12.8. The van der Waals surface area contributed by atoms with Crippen molar-refractivity contribution in [1.82, 2.24) is 30.2 Å². The summed E-state index contributed by atoms with van der Waals surface area (Å²) >= 11 is 0. The molecule has 2 aromatic heterocycles. The van der Waals surface area contributed by atoms with E-state index in [4.69, 9.17) is 0 Å². The van der Waals surface area contributed by atoms with E-state index >= 15 is 0 Å². The molecule has 6 rings (SSSR count). The first-order valence-electron chi connectivity index (χ1n) is 10.6. The second-order valence-electron chi connectivity index (χ2n) is 8.31. The standard InChI is InChI=1S/C23H26N6O/c30-23(25-13-17-5-4-9-24-12-17)21-15-28-10-8-19(21)11-20(28)14-29-16-22(26-27-29)18-6-2-1-3-7-18/h1-7,9,12,16,19-21H,8,10-11,13-15H2,(H,25,30)/t19-,20-,21+/m1/s1. The second kappa shape index (κ2) is 8.36. The molecular weight excluding hydrogens is 376 g/mol. The van der Waals surface area contributed by atoms with Crippen LogP contribution in [0.1, 0.15) is 18.4 Å². The zero-order chi connectivity index (χ0) is 20.3. The number of carbonyl (C=O) groups excluding carboxylic acids is 1. The summed E-state index contributed by atoms with van der Waals surface area (Å²) in [6.07, 6.45) is 7.70. The van der Waals surface area contributed by atoms with Crippen molar-refractivity contribution in [2.24, 2.45) is 11.8 Å². The van der Waals surface area contributed by atoms with Gasteiger partial charge in [0, 0.05) is 37.1 Å². The Balaban J connectivity index is 1.19. The van der Waals surface area contributed by atoms with Crippen molar-refractivity contribution in [2.45, 2.75) is 32.0 Å². The van der Waals surface area contributed by atoms with E-state index in [0.29, 0.717) is 18.5 Å².